The summed E-state index contributed by atoms with van der Waals surface area (Å²) in [5, 5.41) is 0. The molecule has 2 heteroatoms. The number of hydrogen-bond acceptors (Lipinski definition) is 2. The van der Waals surface area contributed by atoms with Crippen molar-refractivity contribution < 1.29 is 0 Å². The Morgan fingerprint density at radius 1 is 1.13 bits per heavy atom. The van der Waals surface area contributed by atoms with Crippen molar-refractivity contribution in [1.29, 1.82) is 0 Å². The van der Waals surface area contributed by atoms with Gasteiger partial charge in [0.1, 0.15) is 0 Å². The fourth-order valence-corrected chi connectivity index (χ4v) is 3.02. The summed E-state index contributed by atoms with van der Waals surface area (Å²) in [5.74, 6) is 1.67. The lowest BCUT2D eigenvalue weighted by Crippen LogP contribution is -2.38. The first-order valence-electron chi connectivity index (χ1n) is 6.47. The minimum atomic E-state index is 0.796. The van der Waals surface area contributed by atoms with Crippen LogP contribution in [0.5, 0.6) is 0 Å². The molecule has 2 rings (SSSR count). The molecule has 2 N–H and O–H groups in total. The third-order valence-corrected chi connectivity index (χ3v) is 4.00. The Hall–Kier alpha value is -0.340. The molecule has 2 aliphatic rings. The highest BCUT2D eigenvalue weighted by Gasteiger charge is 2.25. The SMILES string of the molecule is NCC1CCCCC1CN1CC=CCC1. The van der Waals surface area contributed by atoms with Crippen LogP contribution in [-0.4, -0.2) is 31.1 Å². The summed E-state index contributed by atoms with van der Waals surface area (Å²) in [6, 6.07) is 0. The van der Waals surface area contributed by atoms with Gasteiger partial charge in [0, 0.05) is 19.6 Å². The molecule has 0 aromatic rings. The van der Waals surface area contributed by atoms with Crippen LogP contribution in [0.25, 0.3) is 0 Å². The maximum atomic E-state index is 5.87. The maximum absolute atomic E-state index is 5.87. The molecule has 1 saturated carbocycles. The Bertz CT molecular complexity index is 213. The average Bonchev–Trinajstić information content (AvgIpc) is 2.31. The van der Waals surface area contributed by atoms with Gasteiger partial charge >= 0.3 is 0 Å². The van der Waals surface area contributed by atoms with Gasteiger partial charge in [0.25, 0.3) is 0 Å². The van der Waals surface area contributed by atoms with Gasteiger partial charge in [-0.05, 0) is 37.6 Å². The summed E-state index contributed by atoms with van der Waals surface area (Å²) in [4.78, 5) is 2.60. The summed E-state index contributed by atoms with van der Waals surface area (Å²) in [6.45, 7) is 4.60. The summed E-state index contributed by atoms with van der Waals surface area (Å²) >= 11 is 0. The molecule has 86 valence electrons. The van der Waals surface area contributed by atoms with E-state index in [1.54, 1.807) is 0 Å². The lowest BCUT2D eigenvalue weighted by atomic mass is 9.79. The smallest absolute Gasteiger partial charge is 0.0163 e. The number of nitrogens with zero attached hydrogens (tertiary/aromatic N) is 1. The molecule has 2 atom stereocenters. The molecule has 1 fully saturated rings. The Balaban J connectivity index is 1.83. The standard InChI is InChI=1S/C13H24N2/c14-10-12-6-2-3-7-13(12)11-15-8-4-1-5-9-15/h1,4,12-13H,2-3,5-11,14H2. The van der Waals surface area contributed by atoms with Crippen LogP contribution < -0.4 is 5.73 Å². The number of rotatable bonds is 3. The normalized spacial score (nSPS) is 33.1. The molecule has 2 nitrogen and oxygen atoms in total. The summed E-state index contributed by atoms with van der Waals surface area (Å²) < 4.78 is 0. The monoisotopic (exact) mass is 208 g/mol. The van der Waals surface area contributed by atoms with Gasteiger partial charge in [-0.1, -0.05) is 25.0 Å². The molecule has 0 aromatic carbocycles. The highest BCUT2D eigenvalue weighted by Crippen LogP contribution is 2.30. The van der Waals surface area contributed by atoms with Crippen LogP contribution in [0.1, 0.15) is 32.1 Å². The second kappa shape index (κ2) is 5.66. The Morgan fingerprint density at radius 2 is 1.93 bits per heavy atom. The topological polar surface area (TPSA) is 29.3 Å². The molecule has 1 heterocycles. The van der Waals surface area contributed by atoms with Crippen molar-refractivity contribution in [3.8, 4) is 0 Å². The van der Waals surface area contributed by atoms with Gasteiger partial charge < -0.3 is 5.73 Å². The van der Waals surface area contributed by atoms with E-state index in [0.717, 1.165) is 24.9 Å². The second-order valence-electron chi connectivity index (χ2n) is 5.06. The van der Waals surface area contributed by atoms with Crippen LogP contribution in [0.4, 0.5) is 0 Å². The molecule has 0 amide bonds. The van der Waals surface area contributed by atoms with Crippen molar-refractivity contribution in [3.05, 3.63) is 12.2 Å². The minimum absolute atomic E-state index is 0.796. The highest BCUT2D eigenvalue weighted by atomic mass is 15.1. The molecular weight excluding hydrogens is 184 g/mol. The van der Waals surface area contributed by atoms with Gasteiger partial charge in [-0.25, -0.2) is 0 Å². The fraction of sp³-hybridized carbons (Fsp3) is 0.846. The van der Waals surface area contributed by atoms with Gasteiger partial charge in [0.2, 0.25) is 0 Å². The zero-order chi connectivity index (χ0) is 10.5. The van der Waals surface area contributed by atoms with Gasteiger partial charge in [-0.15, -0.1) is 0 Å². The summed E-state index contributed by atoms with van der Waals surface area (Å²) in [6.07, 6.45) is 11.4. The molecule has 0 saturated heterocycles. The molecule has 0 spiro atoms. The van der Waals surface area contributed by atoms with E-state index < -0.39 is 0 Å². The van der Waals surface area contributed by atoms with Crippen molar-refractivity contribution in [2.45, 2.75) is 32.1 Å². The predicted molar refractivity (Wildman–Crippen MR) is 64.7 cm³/mol. The largest absolute Gasteiger partial charge is 0.330 e. The molecule has 1 aliphatic carbocycles. The zero-order valence-corrected chi connectivity index (χ0v) is 9.70. The van der Waals surface area contributed by atoms with E-state index in [-0.39, 0.29) is 0 Å². The molecule has 15 heavy (non-hydrogen) atoms. The third-order valence-electron chi connectivity index (χ3n) is 4.00. The third kappa shape index (κ3) is 3.05. The highest BCUT2D eigenvalue weighted by molar-refractivity contribution is 4.92. The minimum Gasteiger partial charge on any atom is -0.330 e. The summed E-state index contributed by atoms with van der Waals surface area (Å²) in [5.41, 5.74) is 5.87. The first kappa shape index (κ1) is 11.2. The molecule has 0 aromatic heterocycles. The van der Waals surface area contributed by atoms with Crippen LogP contribution in [0.3, 0.4) is 0 Å². The average molecular weight is 208 g/mol. The summed E-state index contributed by atoms with van der Waals surface area (Å²) in [7, 11) is 0. The van der Waals surface area contributed by atoms with Gasteiger partial charge in [-0.3, -0.25) is 4.90 Å². The first-order valence-corrected chi connectivity index (χ1v) is 6.47. The molecule has 2 unspecified atom stereocenters. The van der Waals surface area contributed by atoms with E-state index in [1.807, 2.05) is 0 Å². The van der Waals surface area contributed by atoms with E-state index in [1.165, 1.54) is 45.2 Å². The Labute approximate surface area is 93.5 Å². The predicted octanol–water partition coefficient (Wildman–Crippen LogP) is 2.01. The Morgan fingerprint density at radius 3 is 2.60 bits per heavy atom. The van der Waals surface area contributed by atoms with Gasteiger partial charge in [0.05, 0.1) is 0 Å². The quantitative estimate of drug-likeness (QED) is 0.719. The fourth-order valence-electron chi connectivity index (χ4n) is 3.02. The molecular formula is C13H24N2. The van der Waals surface area contributed by atoms with Crippen LogP contribution >= 0.6 is 0 Å². The number of hydrogen-bond donors (Lipinski definition) is 1. The molecule has 0 radical (unpaired) electrons. The van der Waals surface area contributed by atoms with Crippen molar-refractivity contribution in [2.75, 3.05) is 26.2 Å². The molecule has 1 aliphatic heterocycles. The van der Waals surface area contributed by atoms with Gasteiger partial charge in [-0.2, -0.15) is 0 Å². The van der Waals surface area contributed by atoms with Crippen LogP contribution in [-0.2, 0) is 0 Å². The second-order valence-corrected chi connectivity index (χ2v) is 5.06. The molecule has 0 bridgehead atoms. The lowest BCUT2D eigenvalue weighted by molar-refractivity contribution is 0.162. The van der Waals surface area contributed by atoms with Crippen molar-refractivity contribution in [1.82, 2.24) is 4.90 Å². The van der Waals surface area contributed by atoms with Crippen LogP contribution in [0.15, 0.2) is 12.2 Å². The van der Waals surface area contributed by atoms with Gasteiger partial charge in [0.15, 0.2) is 0 Å². The van der Waals surface area contributed by atoms with E-state index in [2.05, 4.69) is 17.1 Å². The zero-order valence-electron chi connectivity index (χ0n) is 9.70. The van der Waals surface area contributed by atoms with E-state index in [4.69, 9.17) is 5.73 Å². The van der Waals surface area contributed by atoms with Crippen molar-refractivity contribution >= 4 is 0 Å². The van der Waals surface area contributed by atoms with E-state index in [0.29, 0.717) is 0 Å². The van der Waals surface area contributed by atoms with Crippen molar-refractivity contribution in [2.24, 2.45) is 17.6 Å². The number of nitrogens with two attached hydrogens (primary N) is 1. The van der Waals surface area contributed by atoms with Crippen LogP contribution in [0.2, 0.25) is 0 Å². The lowest BCUT2D eigenvalue weighted by Gasteiger charge is -2.35. The van der Waals surface area contributed by atoms with Crippen molar-refractivity contribution in [3.63, 3.8) is 0 Å². The Kier molecular flexibility index (Phi) is 4.21. The maximum Gasteiger partial charge on any atom is 0.0163 e. The van der Waals surface area contributed by atoms with Crippen LogP contribution in [0, 0.1) is 11.8 Å². The first-order chi connectivity index (χ1) is 7.40. The van der Waals surface area contributed by atoms with E-state index >= 15 is 0 Å². The van der Waals surface area contributed by atoms with E-state index in [9.17, 15) is 0 Å².